The zero-order valence-corrected chi connectivity index (χ0v) is 12.4. The van der Waals surface area contributed by atoms with E-state index in [1.165, 1.54) is 24.3 Å². The van der Waals surface area contributed by atoms with Crippen molar-refractivity contribution in [3.63, 3.8) is 0 Å². The molecule has 7 heteroatoms. The van der Waals surface area contributed by atoms with Gasteiger partial charge in [0.2, 0.25) is 0 Å². The smallest absolute Gasteiger partial charge is 0.356 e. The number of benzene rings is 2. The van der Waals surface area contributed by atoms with E-state index in [9.17, 15) is 26.3 Å². The first-order valence-electron chi connectivity index (χ1n) is 7.08. The van der Waals surface area contributed by atoms with Crippen LogP contribution in [0.15, 0.2) is 48.5 Å². The summed E-state index contributed by atoms with van der Waals surface area (Å²) < 4.78 is 81.5. The molecule has 3 rings (SSSR count). The van der Waals surface area contributed by atoms with Gasteiger partial charge in [-0.1, -0.05) is 24.3 Å². The summed E-state index contributed by atoms with van der Waals surface area (Å²) in [6.07, 6.45) is -9.24. The molecule has 1 fully saturated rings. The van der Waals surface area contributed by atoms with Crippen LogP contribution in [-0.2, 0) is 22.7 Å². The van der Waals surface area contributed by atoms with Crippen molar-refractivity contribution >= 4 is 0 Å². The minimum Gasteiger partial charge on any atom is -0.356 e. The molecule has 24 heavy (non-hydrogen) atoms. The number of rotatable bonds is 2. The third-order valence-corrected chi connectivity index (χ3v) is 4.16. The van der Waals surface area contributed by atoms with Crippen LogP contribution >= 0.6 is 0 Å². The van der Waals surface area contributed by atoms with Crippen molar-refractivity contribution in [3.8, 4) is 0 Å². The van der Waals surface area contributed by atoms with Gasteiger partial charge in [-0.2, -0.15) is 26.3 Å². The van der Waals surface area contributed by atoms with Gasteiger partial charge in [-0.25, -0.2) is 0 Å². The molecule has 0 bridgehead atoms. The third-order valence-electron chi connectivity index (χ3n) is 4.16. The van der Waals surface area contributed by atoms with Crippen LogP contribution in [0.25, 0.3) is 0 Å². The lowest BCUT2D eigenvalue weighted by molar-refractivity contribution is -0.138. The summed E-state index contributed by atoms with van der Waals surface area (Å²) in [5.74, 6) is 0. The molecule has 1 nitrogen and oxygen atoms in total. The first-order valence-corrected chi connectivity index (χ1v) is 7.08. The van der Waals surface area contributed by atoms with E-state index >= 15 is 0 Å². The van der Waals surface area contributed by atoms with Crippen molar-refractivity contribution in [3.05, 3.63) is 70.8 Å². The molecule has 0 amide bonds. The van der Waals surface area contributed by atoms with Crippen molar-refractivity contribution < 1.29 is 31.1 Å². The Hall–Kier alpha value is -2.02. The lowest BCUT2D eigenvalue weighted by Crippen LogP contribution is -2.15. The number of epoxide rings is 1. The van der Waals surface area contributed by atoms with Crippen LogP contribution in [0.2, 0.25) is 0 Å². The molecule has 1 aliphatic rings. The molecule has 0 spiro atoms. The van der Waals surface area contributed by atoms with Crippen LogP contribution in [-0.4, -0.2) is 6.10 Å². The van der Waals surface area contributed by atoms with Crippen molar-refractivity contribution in [1.29, 1.82) is 0 Å². The molecule has 0 aliphatic carbocycles. The molecule has 2 aromatic rings. The van der Waals surface area contributed by atoms with E-state index in [0.29, 0.717) is 11.1 Å². The fourth-order valence-corrected chi connectivity index (χ4v) is 2.83. The van der Waals surface area contributed by atoms with E-state index in [1.807, 2.05) is 0 Å². The van der Waals surface area contributed by atoms with Gasteiger partial charge in [0.1, 0.15) is 5.60 Å². The first kappa shape index (κ1) is 16.8. The number of alkyl halides is 6. The molecule has 1 unspecified atom stereocenters. The predicted octanol–water partition coefficient (Wildman–Crippen LogP) is 5.39. The number of hydrogen-bond acceptors (Lipinski definition) is 1. The summed E-state index contributed by atoms with van der Waals surface area (Å²) in [7, 11) is 0. The Balaban J connectivity index is 1.96. The molecule has 1 saturated heterocycles. The van der Waals surface area contributed by atoms with Crippen LogP contribution < -0.4 is 0 Å². The van der Waals surface area contributed by atoms with Gasteiger partial charge >= 0.3 is 12.4 Å². The second kappa shape index (κ2) is 5.24. The van der Waals surface area contributed by atoms with Gasteiger partial charge in [-0.15, -0.1) is 0 Å². The van der Waals surface area contributed by atoms with Gasteiger partial charge in [0.25, 0.3) is 0 Å². The minimum atomic E-state index is -4.45. The molecule has 0 aromatic heterocycles. The molecular formula is C17H12F6O. The Bertz CT molecular complexity index is 670. The Labute approximate surface area is 133 Å². The second-order valence-electron chi connectivity index (χ2n) is 5.65. The topological polar surface area (TPSA) is 12.5 Å². The SMILES string of the molecule is CC1OC1(c1ccc(C(F)(F)F)cc1)c1ccc(C(F)(F)F)cc1. The Morgan fingerprint density at radius 2 is 1.00 bits per heavy atom. The third kappa shape index (κ3) is 2.77. The largest absolute Gasteiger partial charge is 0.416 e. The lowest BCUT2D eigenvalue weighted by atomic mass is 9.87. The van der Waals surface area contributed by atoms with Crippen LogP contribution in [0.3, 0.4) is 0 Å². The summed E-state index contributed by atoms with van der Waals surface area (Å²) in [4.78, 5) is 0. The van der Waals surface area contributed by atoms with Crippen LogP contribution in [0.1, 0.15) is 29.2 Å². The molecule has 0 radical (unpaired) electrons. The van der Waals surface area contributed by atoms with Crippen molar-refractivity contribution in [1.82, 2.24) is 0 Å². The van der Waals surface area contributed by atoms with E-state index < -0.39 is 29.1 Å². The van der Waals surface area contributed by atoms with E-state index in [4.69, 9.17) is 4.74 Å². The molecule has 1 aliphatic heterocycles. The highest BCUT2D eigenvalue weighted by Gasteiger charge is 2.56. The molecule has 0 N–H and O–H groups in total. The second-order valence-corrected chi connectivity index (χ2v) is 5.65. The molecule has 128 valence electrons. The van der Waals surface area contributed by atoms with Gasteiger partial charge in [0.15, 0.2) is 0 Å². The first-order chi connectivity index (χ1) is 11.0. The summed E-state index contributed by atoms with van der Waals surface area (Å²) in [5, 5.41) is 0. The average molecular weight is 346 g/mol. The maximum Gasteiger partial charge on any atom is 0.416 e. The number of ether oxygens (including phenoxy) is 1. The molecular weight excluding hydrogens is 334 g/mol. The van der Waals surface area contributed by atoms with Crippen molar-refractivity contribution in [2.24, 2.45) is 0 Å². The summed E-state index contributed by atoms with van der Waals surface area (Å²) in [6, 6.07) is 8.94. The molecule has 1 heterocycles. The van der Waals surface area contributed by atoms with E-state index in [-0.39, 0.29) is 6.10 Å². The molecule has 2 aromatic carbocycles. The van der Waals surface area contributed by atoms with E-state index in [1.54, 1.807) is 6.92 Å². The maximum absolute atomic E-state index is 12.6. The van der Waals surface area contributed by atoms with Gasteiger partial charge in [-0.3, -0.25) is 0 Å². The van der Waals surface area contributed by atoms with Crippen molar-refractivity contribution in [2.45, 2.75) is 31.0 Å². The van der Waals surface area contributed by atoms with Crippen LogP contribution in [0.5, 0.6) is 0 Å². The standard InChI is InChI=1S/C17H12F6O/c1-10-15(24-10,11-2-6-13(7-3-11)16(18,19)20)12-4-8-14(9-5-12)17(21,22)23/h2-10H,1H3. The minimum absolute atomic E-state index is 0.342. The van der Waals surface area contributed by atoms with Gasteiger partial charge in [0.05, 0.1) is 17.2 Å². The monoisotopic (exact) mass is 346 g/mol. The average Bonchev–Trinajstić information content (AvgIpc) is 3.18. The highest BCUT2D eigenvalue weighted by Crippen LogP contribution is 2.52. The van der Waals surface area contributed by atoms with E-state index in [0.717, 1.165) is 24.3 Å². The Morgan fingerprint density at radius 1 is 0.708 bits per heavy atom. The number of hydrogen-bond donors (Lipinski definition) is 0. The fraction of sp³-hybridized carbons (Fsp3) is 0.294. The number of halogens is 6. The molecule has 0 saturated carbocycles. The predicted molar refractivity (Wildman–Crippen MR) is 74.2 cm³/mol. The van der Waals surface area contributed by atoms with Gasteiger partial charge in [0, 0.05) is 0 Å². The van der Waals surface area contributed by atoms with Gasteiger partial charge < -0.3 is 4.74 Å². The normalized spacial score (nSPS) is 20.0. The zero-order valence-electron chi connectivity index (χ0n) is 12.4. The highest BCUT2D eigenvalue weighted by molar-refractivity contribution is 5.44. The highest BCUT2D eigenvalue weighted by atomic mass is 19.4. The van der Waals surface area contributed by atoms with Crippen molar-refractivity contribution in [2.75, 3.05) is 0 Å². The summed E-state index contributed by atoms with van der Waals surface area (Å²) >= 11 is 0. The Kier molecular flexibility index (Phi) is 3.67. The Morgan fingerprint density at radius 3 is 1.21 bits per heavy atom. The molecule has 1 atom stereocenters. The quantitative estimate of drug-likeness (QED) is 0.525. The fourth-order valence-electron chi connectivity index (χ4n) is 2.83. The van der Waals surface area contributed by atoms with E-state index in [2.05, 4.69) is 0 Å². The summed E-state index contributed by atoms with van der Waals surface area (Å²) in [5.41, 5.74) is -1.64. The maximum atomic E-state index is 12.6. The van der Waals surface area contributed by atoms with Crippen LogP contribution in [0, 0.1) is 0 Å². The van der Waals surface area contributed by atoms with Gasteiger partial charge in [-0.05, 0) is 42.3 Å². The van der Waals surface area contributed by atoms with Crippen LogP contribution in [0.4, 0.5) is 26.3 Å². The zero-order chi connectivity index (χ0) is 17.8. The lowest BCUT2D eigenvalue weighted by Gasteiger charge is -2.16. The summed E-state index contributed by atoms with van der Waals surface area (Å²) in [6.45, 7) is 1.72.